The van der Waals surface area contributed by atoms with E-state index in [1.54, 1.807) is 0 Å². The van der Waals surface area contributed by atoms with Crippen molar-refractivity contribution in [2.75, 3.05) is 6.54 Å². The van der Waals surface area contributed by atoms with Gasteiger partial charge in [0.2, 0.25) is 0 Å². The maximum atomic E-state index is 3.64. The van der Waals surface area contributed by atoms with Gasteiger partial charge in [0.05, 0.1) is 0 Å². The Morgan fingerprint density at radius 1 is 1.20 bits per heavy atom. The molecular formula is C14H21N. The highest BCUT2D eigenvalue weighted by Crippen LogP contribution is 2.34. The number of aryl methyl sites for hydroxylation is 2. The van der Waals surface area contributed by atoms with Gasteiger partial charge >= 0.3 is 0 Å². The molecule has 0 bridgehead atoms. The summed E-state index contributed by atoms with van der Waals surface area (Å²) in [5.41, 5.74) is 5.96. The highest BCUT2D eigenvalue weighted by atomic mass is 15.0. The summed E-state index contributed by atoms with van der Waals surface area (Å²) in [7, 11) is 0. The Morgan fingerprint density at radius 2 is 1.93 bits per heavy atom. The number of hydrogen-bond acceptors (Lipinski definition) is 1. The van der Waals surface area contributed by atoms with Gasteiger partial charge in [-0.3, -0.25) is 0 Å². The third-order valence-electron chi connectivity index (χ3n) is 3.77. The van der Waals surface area contributed by atoms with Gasteiger partial charge in [0.25, 0.3) is 0 Å². The van der Waals surface area contributed by atoms with Gasteiger partial charge in [-0.15, -0.1) is 0 Å². The second-order valence-corrected chi connectivity index (χ2v) is 5.12. The van der Waals surface area contributed by atoms with Crippen molar-refractivity contribution in [1.29, 1.82) is 0 Å². The minimum atomic E-state index is 0.209. The predicted octanol–water partition coefficient (Wildman–Crippen LogP) is 3.21. The van der Waals surface area contributed by atoms with E-state index in [1.807, 2.05) is 0 Å². The monoisotopic (exact) mass is 203 g/mol. The number of rotatable bonds is 1. The molecule has 1 aromatic carbocycles. The van der Waals surface area contributed by atoms with Crippen LogP contribution in [-0.4, -0.2) is 6.54 Å². The SMILES string of the molecule is Cc1cc(C)c(C)c(C2(C)CCCN2)c1. The molecule has 0 radical (unpaired) electrons. The fourth-order valence-electron chi connectivity index (χ4n) is 2.74. The highest BCUT2D eigenvalue weighted by Gasteiger charge is 2.31. The summed E-state index contributed by atoms with van der Waals surface area (Å²) in [4.78, 5) is 0. The van der Waals surface area contributed by atoms with Crippen molar-refractivity contribution in [3.8, 4) is 0 Å². The number of benzene rings is 1. The van der Waals surface area contributed by atoms with Crippen molar-refractivity contribution < 1.29 is 0 Å². The first-order valence-corrected chi connectivity index (χ1v) is 5.86. The fourth-order valence-corrected chi connectivity index (χ4v) is 2.74. The first kappa shape index (κ1) is 10.7. The molecule has 0 saturated carbocycles. The Morgan fingerprint density at radius 3 is 2.53 bits per heavy atom. The molecule has 1 N–H and O–H groups in total. The molecule has 0 aromatic heterocycles. The Bertz CT molecular complexity index is 373. The van der Waals surface area contributed by atoms with E-state index in [1.165, 1.54) is 35.1 Å². The maximum Gasteiger partial charge on any atom is 0.0409 e. The van der Waals surface area contributed by atoms with Crippen LogP contribution in [0.2, 0.25) is 0 Å². The lowest BCUT2D eigenvalue weighted by molar-refractivity contribution is 0.432. The zero-order valence-electron chi connectivity index (χ0n) is 10.3. The summed E-state index contributed by atoms with van der Waals surface area (Å²) in [6.07, 6.45) is 2.56. The van der Waals surface area contributed by atoms with Crippen molar-refractivity contribution in [3.05, 3.63) is 34.4 Å². The second kappa shape index (κ2) is 3.64. The quantitative estimate of drug-likeness (QED) is 0.739. The average molecular weight is 203 g/mol. The van der Waals surface area contributed by atoms with Gasteiger partial charge in [-0.25, -0.2) is 0 Å². The Balaban J connectivity index is 2.51. The first-order chi connectivity index (χ1) is 7.03. The second-order valence-electron chi connectivity index (χ2n) is 5.12. The van der Waals surface area contributed by atoms with E-state index < -0.39 is 0 Å². The van der Waals surface area contributed by atoms with Crippen LogP contribution in [0.5, 0.6) is 0 Å². The zero-order valence-corrected chi connectivity index (χ0v) is 10.3. The molecule has 1 aliphatic rings. The molecule has 1 aliphatic heterocycles. The summed E-state index contributed by atoms with van der Waals surface area (Å²) in [6, 6.07) is 4.62. The van der Waals surface area contributed by atoms with E-state index in [4.69, 9.17) is 0 Å². The van der Waals surface area contributed by atoms with Gasteiger partial charge in [0, 0.05) is 5.54 Å². The van der Waals surface area contributed by atoms with Crippen LogP contribution in [0, 0.1) is 20.8 Å². The van der Waals surface area contributed by atoms with Gasteiger partial charge < -0.3 is 5.32 Å². The summed E-state index contributed by atoms with van der Waals surface area (Å²) in [5, 5.41) is 3.64. The van der Waals surface area contributed by atoms with Crippen molar-refractivity contribution in [2.45, 2.75) is 46.1 Å². The molecule has 1 atom stereocenters. The van der Waals surface area contributed by atoms with Crippen LogP contribution >= 0.6 is 0 Å². The van der Waals surface area contributed by atoms with Crippen LogP contribution in [0.4, 0.5) is 0 Å². The van der Waals surface area contributed by atoms with Crippen LogP contribution in [0.1, 0.15) is 42.0 Å². The van der Waals surface area contributed by atoms with E-state index in [9.17, 15) is 0 Å². The van der Waals surface area contributed by atoms with Crippen molar-refractivity contribution in [3.63, 3.8) is 0 Å². The molecule has 82 valence electrons. The van der Waals surface area contributed by atoms with E-state index >= 15 is 0 Å². The van der Waals surface area contributed by atoms with Gasteiger partial charge in [-0.05, 0) is 63.8 Å². The topological polar surface area (TPSA) is 12.0 Å². The molecule has 15 heavy (non-hydrogen) atoms. The number of hydrogen-bond donors (Lipinski definition) is 1. The van der Waals surface area contributed by atoms with Gasteiger partial charge in [-0.1, -0.05) is 17.7 Å². The first-order valence-electron chi connectivity index (χ1n) is 5.86. The predicted molar refractivity (Wildman–Crippen MR) is 65.2 cm³/mol. The third-order valence-corrected chi connectivity index (χ3v) is 3.77. The maximum absolute atomic E-state index is 3.64. The van der Waals surface area contributed by atoms with E-state index in [0.717, 1.165) is 6.54 Å². The van der Waals surface area contributed by atoms with Gasteiger partial charge in [0.15, 0.2) is 0 Å². The Labute approximate surface area is 92.9 Å². The highest BCUT2D eigenvalue weighted by molar-refractivity contribution is 5.41. The minimum absolute atomic E-state index is 0.209. The molecule has 1 heterocycles. The van der Waals surface area contributed by atoms with Crippen LogP contribution in [-0.2, 0) is 5.54 Å². The molecule has 2 rings (SSSR count). The van der Waals surface area contributed by atoms with E-state index in [-0.39, 0.29) is 5.54 Å². The molecule has 1 aromatic rings. The van der Waals surface area contributed by atoms with Crippen molar-refractivity contribution in [2.24, 2.45) is 0 Å². The summed E-state index contributed by atoms with van der Waals surface area (Å²) in [5.74, 6) is 0. The molecule has 0 amide bonds. The largest absolute Gasteiger partial charge is 0.308 e. The average Bonchev–Trinajstić information content (AvgIpc) is 2.59. The van der Waals surface area contributed by atoms with Crippen LogP contribution in [0.3, 0.4) is 0 Å². The molecule has 0 aliphatic carbocycles. The van der Waals surface area contributed by atoms with E-state index in [2.05, 4.69) is 45.1 Å². The molecule has 1 heteroatoms. The normalized spacial score (nSPS) is 25.9. The molecule has 1 unspecified atom stereocenters. The minimum Gasteiger partial charge on any atom is -0.308 e. The Hall–Kier alpha value is -0.820. The van der Waals surface area contributed by atoms with Crippen LogP contribution in [0.25, 0.3) is 0 Å². The molecular weight excluding hydrogens is 182 g/mol. The smallest absolute Gasteiger partial charge is 0.0409 e. The lowest BCUT2D eigenvalue weighted by Gasteiger charge is -2.28. The van der Waals surface area contributed by atoms with Crippen LogP contribution in [0.15, 0.2) is 12.1 Å². The molecule has 1 saturated heterocycles. The fraction of sp³-hybridized carbons (Fsp3) is 0.571. The van der Waals surface area contributed by atoms with Gasteiger partial charge in [0.1, 0.15) is 0 Å². The van der Waals surface area contributed by atoms with Crippen molar-refractivity contribution in [1.82, 2.24) is 5.32 Å². The third kappa shape index (κ3) is 1.81. The van der Waals surface area contributed by atoms with Crippen molar-refractivity contribution >= 4 is 0 Å². The lowest BCUT2D eigenvalue weighted by Crippen LogP contribution is -2.34. The lowest BCUT2D eigenvalue weighted by atomic mass is 9.84. The Kier molecular flexibility index (Phi) is 2.59. The number of nitrogens with one attached hydrogen (secondary N) is 1. The standard InChI is InChI=1S/C14H21N/c1-10-8-11(2)12(3)13(9-10)14(4)6-5-7-15-14/h8-9,15H,5-7H2,1-4H3. The molecule has 1 fully saturated rings. The summed E-state index contributed by atoms with van der Waals surface area (Å²) in [6.45, 7) is 10.1. The van der Waals surface area contributed by atoms with E-state index in [0.29, 0.717) is 0 Å². The zero-order chi connectivity index (χ0) is 11.1. The summed E-state index contributed by atoms with van der Waals surface area (Å²) >= 11 is 0. The van der Waals surface area contributed by atoms with Crippen LogP contribution < -0.4 is 5.32 Å². The molecule has 0 spiro atoms. The summed E-state index contributed by atoms with van der Waals surface area (Å²) < 4.78 is 0. The van der Waals surface area contributed by atoms with Gasteiger partial charge in [-0.2, -0.15) is 0 Å². The molecule has 1 nitrogen and oxygen atoms in total.